The number of aromatic carboxylic acids is 1. The van der Waals surface area contributed by atoms with Gasteiger partial charge in [-0.2, -0.15) is 0 Å². The van der Waals surface area contributed by atoms with Gasteiger partial charge in [-0.25, -0.2) is 4.79 Å². The molecule has 4 rings (SSSR count). The molecule has 0 radical (unpaired) electrons. The zero-order chi connectivity index (χ0) is 18.3. The van der Waals surface area contributed by atoms with Gasteiger partial charge in [0, 0.05) is 28.9 Å². The van der Waals surface area contributed by atoms with Crippen LogP contribution < -0.4 is 5.73 Å². The molecule has 0 fully saturated rings. The van der Waals surface area contributed by atoms with Crippen LogP contribution in [0.1, 0.15) is 45.9 Å². The highest BCUT2D eigenvalue weighted by Gasteiger charge is 2.23. The quantitative estimate of drug-likeness (QED) is 0.496. The SMILES string of the molecule is N=C(N)c1ccc2cc(C(=O)O)n(C[C@H]3CCCc4ccccc43)c2c1. The maximum absolute atomic E-state index is 11.8. The van der Waals surface area contributed by atoms with Gasteiger partial charge in [-0.05, 0) is 42.5 Å². The molecule has 1 heterocycles. The largest absolute Gasteiger partial charge is 0.477 e. The summed E-state index contributed by atoms with van der Waals surface area (Å²) in [5.41, 5.74) is 10.0. The molecule has 1 atom stereocenters. The van der Waals surface area contributed by atoms with Gasteiger partial charge in [0.1, 0.15) is 11.5 Å². The molecule has 1 aliphatic rings. The molecular formula is C21H21N3O2. The minimum absolute atomic E-state index is 0.0143. The Morgan fingerprint density at radius 1 is 1.23 bits per heavy atom. The van der Waals surface area contributed by atoms with Crippen LogP contribution in [-0.2, 0) is 13.0 Å². The van der Waals surface area contributed by atoms with Crippen molar-refractivity contribution < 1.29 is 9.90 Å². The Kier molecular flexibility index (Phi) is 3.99. The lowest BCUT2D eigenvalue weighted by molar-refractivity contribution is 0.0685. The number of rotatable bonds is 4. The third-order valence-corrected chi connectivity index (χ3v) is 5.33. The number of carboxylic acid groups (broad SMARTS) is 1. The normalized spacial score (nSPS) is 16.4. The molecule has 5 heteroatoms. The number of amidine groups is 1. The average molecular weight is 347 g/mol. The van der Waals surface area contributed by atoms with E-state index in [1.165, 1.54) is 11.1 Å². The number of nitrogens with zero attached hydrogens (tertiary/aromatic N) is 1. The second-order valence-corrected chi connectivity index (χ2v) is 6.92. The van der Waals surface area contributed by atoms with E-state index < -0.39 is 5.97 Å². The summed E-state index contributed by atoms with van der Waals surface area (Å²) >= 11 is 0. The monoisotopic (exact) mass is 347 g/mol. The van der Waals surface area contributed by atoms with Gasteiger partial charge < -0.3 is 15.4 Å². The molecule has 5 nitrogen and oxygen atoms in total. The van der Waals surface area contributed by atoms with Gasteiger partial charge in [0.25, 0.3) is 0 Å². The zero-order valence-corrected chi connectivity index (χ0v) is 14.4. The molecule has 0 aliphatic heterocycles. The maximum atomic E-state index is 11.8. The van der Waals surface area contributed by atoms with Crippen LogP contribution in [0.5, 0.6) is 0 Å². The van der Waals surface area contributed by atoms with Crippen LogP contribution in [0.4, 0.5) is 0 Å². The number of nitrogens with two attached hydrogens (primary N) is 1. The van der Waals surface area contributed by atoms with Crippen molar-refractivity contribution in [2.24, 2.45) is 5.73 Å². The standard InChI is InChI=1S/C21H21N3O2/c22-20(23)15-9-8-14-10-19(21(25)26)24(18(14)11-15)12-16-6-3-5-13-4-1-2-7-17(13)16/h1-2,4,7-11,16H,3,5-6,12H2,(H3,22,23)(H,25,26)/t16-/m1/s1. The van der Waals surface area contributed by atoms with Crippen LogP contribution in [-0.4, -0.2) is 21.5 Å². The Bertz CT molecular complexity index is 1020. The first-order valence-corrected chi connectivity index (χ1v) is 8.83. The van der Waals surface area contributed by atoms with Gasteiger partial charge in [-0.1, -0.05) is 36.4 Å². The van der Waals surface area contributed by atoms with Gasteiger partial charge in [-0.15, -0.1) is 0 Å². The van der Waals surface area contributed by atoms with E-state index in [4.69, 9.17) is 11.1 Å². The average Bonchev–Trinajstić information content (AvgIpc) is 3.00. The lowest BCUT2D eigenvalue weighted by Gasteiger charge is -2.26. The molecule has 26 heavy (non-hydrogen) atoms. The minimum Gasteiger partial charge on any atom is -0.477 e. The Morgan fingerprint density at radius 2 is 2.04 bits per heavy atom. The third-order valence-electron chi connectivity index (χ3n) is 5.33. The predicted octanol–water partition coefficient (Wildman–Crippen LogP) is 3.74. The van der Waals surface area contributed by atoms with Crippen molar-refractivity contribution in [3.05, 3.63) is 70.9 Å². The molecule has 4 N–H and O–H groups in total. The maximum Gasteiger partial charge on any atom is 0.352 e. The number of nitrogens with one attached hydrogen (secondary N) is 1. The summed E-state index contributed by atoms with van der Waals surface area (Å²) in [6.45, 7) is 0.615. The van der Waals surface area contributed by atoms with Crippen LogP contribution >= 0.6 is 0 Å². The molecule has 1 aliphatic carbocycles. The van der Waals surface area contributed by atoms with Gasteiger partial charge in [0.2, 0.25) is 0 Å². The van der Waals surface area contributed by atoms with Crippen molar-refractivity contribution in [2.45, 2.75) is 31.7 Å². The van der Waals surface area contributed by atoms with Crippen molar-refractivity contribution in [3.8, 4) is 0 Å². The van der Waals surface area contributed by atoms with Crippen LogP contribution in [0, 0.1) is 5.41 Å². The topological polar surface area (TPSA) is 92.1 Å². The van der Waals surface area contributed by atoms with Crippen LogP contribution in [0.3, 0.4) is 0 Å². The van der Waals surface area contributed by atoms with E-state index in [0.717, 1.165) is 30.2 Å². The van der Waals surface area contributed by atoms with E-state index in [1.807, 2.05) is 16.7 Å². The van der Waals surface area contributed by atoms with E-state index in [9.17, 15) is 9.90 Å². The molecule has 0 saturated carbocycles. The Hall–Kier alpha value is -3.08. The lowest BCUT2D eigenvalue weighted by Crippen LogP contribution is -2.18. The molecule has 3 aromatic rings. The van der Waals surface area contributed by atoms with Crippen LogP contribution in [0.15, 0.2) is 48.5 Å². The van der Waals surface area contributed by atoms with Gasteiger partial charge in [0.15, 0.2) is 0 Å². The first-order chi connectivity index (χ1) is 12.5. The number of nitrogen functional groups attached to an aromatic ring is 1. The van der Waals surface area contributed by atoms with Crippen molar-refractivity contribution in [1.29, 1.82) is 5.41 Å². The van der Waals surface area contributed by atoms with E-state index in [-0.39, 0.29) is 17.4 Å². The molecule has 2 aromatic carbocycles. The first-order valence-electron chi connectivity index (χ1n) is 8.83. The summed E-state index contributed by atoms with van der Waals surface area (Å²) in [5.74, 6) is -0.663. The number of benzene rings is 2. The Morgan fingerprint density at radius 3 is 2.81 bits per heavy atom. The molecule has 0 bridgehead atoms. The van der Waals surface area contributed by atoms with Crippen molar-refractivity contribution >= 4 is 22.7 Å². The number of hydrogen-bond acceptors (Lipinski definition) is 2. The zero-order valence-electron chi connectivity index (χ0n) is 14.4. The second kappa shape index (κ2) is 6.33. The smallest absolute Gasteiger partial charge is 0.352 e. The molecule has 1 aromatic heterocycles. The minimum atomic E-state index is -0.935. The number of aromatic nitrogens is 1. The van der Waals surface area contributed by atoms with Crippen LogP contribution in [0.25, 0.3) is 10.9 Å². The summed E-state index contributed by atoms with van der Waals surface area (Å²) in [7, 11) is 0. The van der Waals surface area contributed by atoms with Gasteiger partial charge in [-0.3, -0.25) is 5.41 Å². The van der Waals surface area contributed by atoms with Crippen molar-refractivity contribution in [3.63, 3.8) is 0 Å². The van der Waals surface area contributed by atoms with E-state index >= 15 is 0 Å². The molecule has 0 saturated heterocycles. The fraction of sp³-hybridized carbons (Fsp3) is 0.238. The first kappa shape index (κ1) is 16.4. The van der Waals surface area contributed by atoms with E-state index in [1.54, 1.807) is 12.1 Å². The highest BCUT2D eigenvalue weighted by Crippen LogP contribution is 2.34. The van der Waals surface area contributed by atoms with Gasteiger partial charge in [0.05, 0.1) is 0 Å². The second-order valence-electron chi connectivity index (χ2n) is 6.92. The number of hydrogen-bond donors (Lipinski definition) is 3. The number of aryl methyl sites for hydroxylation is 1. The number of carbonyl (C=O) groups is 1. The highest BCUT2D eigenvalue weighted by atomic mass is 16.4. The molecule has 132 valence electrons. The summed E-state index contributed by atoms with van der Waals surface area (Å²) < 4.78 is 1.87. The highest BCUT2D eigenvalue weighted by molar-refractivity contribution is 6.00. The number of carboxylic acids is 1. The third kappa shape index (κ3) is 2.75. The number of fused-ring (bicyclic) bond motifs is 2. The summed E-state index contributed by atoms with van der Waals surface area (Å²) in [4.78, 5) is 11.8. The van der Waals surface area contributed by atoms with E-state index in [0.29, 0.717) is 12.1 Å². The fourth-order valence-corrected chi connectivity index (χ4v) is 4.06. The lowest BCUT2D eigenvalue weighted by atomic mass is 9.83. The van der Waals surface area contributed by atoms with Gasteiger partial charge >= 0.3 is 5.97 Å². The van der Waals surface area contributed by atoms with Crippen LogP contribution in [0.2, 0.25) is 0 Å². The van der Waals surface area contributed by atoms with Crippen molar-refractivity contribution in [2.75, 3.05) is 0 Å². The summed E-state index contributed by atoms with van der Waals surface area (Å²) in [6.07, 6.45) is 3.24. The van der Waals surface area contributed by atoms with Crippen molar-refractivity contribution in [1.82, 2.24) is 4.57 Å². The Labute approximate surface area is 151 Å². The molecular weight excluding hydrogens is 326 g/mol. The Balaban J connectivity index is 1.83. The predicted molar refractivity (Wildman–Crippen MR) is 102 cm³/mol. The summed E-state index contributed by atoms with van der Waals surface area (Å²) in [6, 6.07) is 15.6. The summed E-state index contributed by atoms with van der Waals surface area (Å²) in [5, 5.41) is 18.2. The van der Waals surface area contributed by atoms with E-state index in [2.05, 4.69) is 24.3 Å². The molecule has 0 spiro atoms. The molecule has 0 amide bonds. The molecule has 0 unspecified atom stereocenters. The fourth-order valence-electron chi connectivity index (χ4n) is 4.06.